The van der Waals surface area contributed by atoms with Crippen LogP contribution in [0.2, 0.25) is 0 Å². The van der Waals surface area contributed by atoms with Gasteiger partial charge < -0.3 is 0 Å². The molecule has 1 saturated heterocycles. The van der Waals surface area contributed by atoms with Gasteiger partial charge in [0.2, 0.25) is 0 Å². The Balaban J connectivity index is 2.07. The lowest BCUT2D eigenvalue weighted by atomic mass is 10.1. The van der Waals surface area contributed by atoms with E-state index in [2.05, 4.69) is 5.32 Å². The zero-order valence-corrected chi connectivity index (χ0v) is 4.48. The van der Waals surface area contributed by atoms with Crippen molar-refractivity contribution in [3.63, 3.8) is 0 Å². The van der Waals surface area contributed by atoms with Crippen molar-refractivity contribution in [3.05, 3.63) is 0 Å². The normalized spacial score (nSPS) is 34.3. The average molecular weight is 96.2 g/mol. The topological polar surface area (TPSA) is 14.1 Å². The smallest absolute Gasteiger partial charge is 0.0190 e. The zero-order chi connectivity index (χ0) is 4.74. The molecule has 1 aliphatic heterocycles. The minimum absolute atomic E-state index is 0.778. The van der Waals surface area contributed by atoms with E-state index in [-0.39, 0.29) is 0 Å². The fourth-order valence-corrected chi connectivity index (χ4v) is 1.30. The van der Waals surface area contributed by atoms with E-state index < -0.39 is 0 Å². The van der Waals surface area contributed by atoms with Gasteiger partial charge in [-0.2, -0.15) is 0 Å². The van der Waals surface area contributed by atoms with Gasteiger partial charge in [-0.3, -0.25) is 0 Å². The maximum Gasteiger partial charge on any atom is 0.0190 e. The zero-order valence-electron chi connectivity index (χ0n) is 4.48. The van der Waals surface area contributed by atoms with E-state index in [1.165, 1.54) is 25.8 Å². The van der Waals surface area contributed by atoms with Crippen molar-refractivity contribution in [1.29, 1.82) is 0 Å². The Kier molecular flexibility index (Phi) is 0.571. The fourth-order valence-electron chi connectivity index (χ4n) is 1.30. The van der Waals surface area contributed by atoms with E-state index >= 15 is 0 Å². The van der Waals surface area contributed by atoms with Gasteiger partial charge in [0.15, 0.2) is 0 Å². The largest absolute Gasteiger partial charge is 0.241 e. The SMILES string of the molecule is C1CC2(CC2)C[N]1. The van der Waals surface area contributed by atoms with Crippen LogP contribution >= 0.6 is 0 Å². The first-order valence-corrected chi connectivity index (χ1v) is 3.05. The van der Waals surface area contributed by atoms with E-state index in [0.29, 0.717) is 0 Å². The van der Waals surface area contributed by atoms with Crippen molar-refractivity contribution >= 4 is 0 Å². The molecule has 0 amide bonds. The Labute approximate surface area is 44.1 Å². The van der Waals surface area contributed by atoms with Crippen LogP contribution in [0.4, 0.5) is 0 Å². The molecular formula is C6H10N. The average Bonchev–Trinajstić information content (AvgIpc) is 2.15. The van der Waals surface area contributed by atoms with Gasteiger partial charge in [-0.15, -0.1) is 0 Å². The lowest BCUT2D eigenvalue weighted by Crippen LogP contribution is -2.01. The fraction of sp³-hybridized carbons (Fsp3) is 1.00. The van der Waals surface area contributed by atoms with E-state index in [4.69, 9.17) is 0 Å². The number of hydrogen-bond acceptors (Lipinski definition) is 0. The Hall–Kier alpha value is -0.0400. The van der Waals surface area contributed by atoms with Crippen LogP contribution in [0.3, 0.4) is 0 Å². The standard InChI is InChI=1S/C6H10N/c1-2-6(1)3-4-7-5-6/h1-5H2. The molecule has 0 aromatic rings. The van der Waals surface area contributed by atoms with Gasteiger partial charge in [-0.1, -0.05) is 0 Å². The summed E-state index contributed by atoms with van der Waals surface area (Å²) in [7, 11) is 0. The Morgan fingerprint density at radius 2 is 2.00 bits per heavy atom. The predicted molar refractivity (Wildman–Crippen MR) is 28.2 cm³/mol. The molecule has 1 spiro atoms. The van der Waals surface area contributed by atoms with Gasteiger partial charge in [0.1, 0.15) is 0 Å². The molecule has 7 heavy (non-hydrogen) atoms. The number of hydrogen-bond donors (Lipinski definition) is 0. The van der Waals surface area contributed by atoms with Crippen LogP contribution < -0.4 is 5.32 Å². The van der Waals surface area contributed by atoms with Crippen molar-refractivity contribution in [1.82, 2.24) is 5.32 Å². The van der Waals surface area contributed by atoms with Crippen LogP contribution in [0.1, 0.15) is 19.3 Å². The monoisotopic (exact) mass is 96.1 g/mol. The summed E-state index contributed by atoms with van der Waals surface area (Å²) < 4.78 is 0. The first kappa shape index (κ1) is 3.90. The second-order valence-corrected chi connectivity index (χ2v) is 2.86. The molecule has 0 unspecified atom stereocenters. The molecule has 2 fully saturated rings. The van der Waals surface area contributed by atoms with Crippen LogP contribution in [0.15, 0.2) is 0 Å². The quantitative estimate of drug-likeness (QED) is 0.423. The lowest BCUT2D eigenvalue weighted by Gasteiger charge is -1.95. The lowest BCUT2D eigenvalue weighted by molar-refractivity contribution is 0.572. The maximum absolute atomic E-state index is 4.30. The van der Waals surface area contributed by atoms with Gasteiger partial charge in [0, 0.05) is 13.1 Å². The molecule has 1 heteroatoms. The first-order valence-electron chi connectivity index (χ1n) is 3.05. The van der Waals surface area contributed by atoms with Gasteiger partial charge in [-0.05, 0) is 24.7 Å². The van der Waals surface area contributed by atoms with Gasteiger partial charge >= 0.3 is 0 Å². The highest BCUT2D eigenvalue weighted by atomic mass is 14.9. The molecule has 0 atom stereocenters. The van der Waals surface area contributed by atoms with Crippen molar-refractivity contribution in [2.45, 2.75) is 19.3 Å². The molecule has 39 valence electrons. The van der Waals surface area contributed by atoms with Crippen LogP contribution in [0, 0.1) is 5.41 Å². The molecule has 0 aromatic heterocycles. The van der Waals surface area contributed by atoms with Crippen molar-refractivity contribution in [3.8, 4) is 0 Å². The summed E-state index contributed by atoms with van der Waals surface area (Å²) in [5.41, 5.74) is 0.778. The van der Waals surface area contributed by atoms with Gasteiger partial charge in [0.25, 0.3) is 0 Å². The van der Waals surface area contributed by atoms with E-state index in [1.54, 1.807) is 0 Å². The van der Waals surface area contributed by atoms with Crippen LogP contribution in [-0.4, -0.2) is 13.1 Å². The molecule has 1 aliphatic carbocycles. The van der Waals surface area contributed by atoms with E-state index in [0.717, 1.165) is 12.0 Å². The first-order chi connectivity index (χ1) is 3.41. The van der Waals surface area contributed by atoms with Gasteiger partial charge in [-0.25, -0.2) is 5.32 Å². The Bertz CT molecular complexity index is 76.2. The maximum atomic E-state index is 4.30. The van der Waals surface area contributed by atoms with Gasteiger partial charge in [0.05, 0.1) is 0 Å². The molecule has 2 rings (SSSR count). The summed E-state index contributed by atoms with van der Waals surface area (Å²) in [6.45, 7) is 2.34. The minimum Gasteiger partial charge on any atom is -0.241 e. The summed E-state index contributed by atoms with van der Waals surface area (Å²) in [6, 6.07) is 0. The third-order valence-corrected chi connectivity index (χ3v) is 2.20. The second kappa shape index (κ2) is 1.03. The Morgan fingerprint density at radius 3 is 2.29 bits per heavy atom. The van der Waals surface area contributed by atoms with Crippen LogP contribution in [-0.2, 0) is 0 Å². The number of rotatable bonds is 0. The predicted octanol–water partition coefficient (Wildman–Crippen LogP) is 0.775. The highest BCUT2D eigenvalue weighted by Crippen LogP contribution is 2.50. The molecule has 0 aromatic carbocycles. The molecular weight excluding hydrogens is 86.1 g/mol. The van der Waals surface area contributed by atoms with Crippen molar-refractivity contribution in [2.75, 3.05) is 13.1 Å². The second-order valence-electron chi connectivity index (χ2n) is 2.86. The number of nitrogens with zero attached hydrogens (tertiary/aromatic N) is 1. The molecule has 0 N–H and O–H groups in total. The third kappa shape index (κ3) is 0.480. The van der Waals surface area contributed by atoms with Crippen molar-refractivity contribution < 1.29 is 0 Å². The van der Waals surface area contributed by atoms with E-state index in [9.17, 15) is 0 Å². The summed E-state index contributed by atoms with van der Waals surface area (Å²) >= 11 is 0. The minimum atomic E-state index is 0.778. The van der Waals surface area contributed by atoms with Crippen molar-refractivity contribution in [2.24, 2.45) is 5.41 Å². The third-order valence-electron chi connectivity index (χ3n) is 2.20. The van der Waals surface area contributed by atoms with Crippen LogP contribution in [0.25, 0.3) is 0 Å². The highest BCUT2D eigenvalue weighted by molar-refractivity contribution is 4.98. The summed E-state index contributed by atoms with van der Waals surface area (Å²) in [5.74, 6) is 0. The van der Waals surface area contributed by atoms with E-state index in [1.807, 2.05) is 0 Å². The summed E-state index contributed by atoms with van der Waals surface area (Å²) in [4.78, 5) is 0. The molecule has 1 nitrogen and oxygen atoms in total. The summed E-state index contributed by atoms with van der Waals surface area (Å²) in [6.07, 6.45) is 4.33. The molecule has 2 aliphatic rings. The molecule has 1 radical (unpaired) electrons. The highest BCUT2D eigenvalue weighted by Gasteiger charge is 2.44. The molecule has 1 saturated carbocycles. The summed E-state index contributed by atoms with van der Waals surface area (Å²) in [5, 5.41) is 4.30. The molecule has 1 heterocycles. The molecule has 0 bridgehead atoms. The Morgan fingerprint density at radius 1 is 1.14 bits per heavy atom. The van der Waals surface area contributed by atoms with Crippen LogP contribution in [0.5, 0.6) is 0 Å².